The first-order valence-electron chi connectivity index (χ1n) is 5.16. The fraction of sp³-hybridized carbons (Fsp3) is 0.600. The zero-order valence-corrected chi connectivity index (χ0v) is 9.90. The summed E-state index contributed by atoms with van der Waals surface area (Å²) in [6.07, 6.45) is 6.22. The van der Waals surface area contributed by atoms with E-state index in [0.29, 0.717) is 13.0 Å². The van der Waals surface area contributed by atoms with Gasteiger partial charge in [-0.3, -0.25) is 4.18 Å². The molecule has 2 aliphatic heterocycles. The molecule has 0 aromatic rings. The standard InChI is InChI=1S/C10H14N2O3S/c1-16(13,14)15-9-5-7-12(8-9)10-4-2-3-6-11-10/h3-4,9H,2,5,7-8H2,1H3/t9-/m1/s1. The van der Waals surface area contributed by atoms with Crippen molar-refractivity contribution in [2.24, 2.45) is 4.99 Å². The smallest absolute Gasteiger partial charge is 0.264 e. The molecule has 0 unspecified atom stereocenters. The first-order valence-corrected chi connectivity index (χ1v) is 6.97. The molecule has 5 nitrogen and oxygen atoms in total. The van der Waals surface area contributed by atoms with Crippen LogP contribution in [-0.4, -0.2) is 44.6 Å². The highest BCUT2D eigenvalue weighted by Crippen LogP contribution is 2.20. The van der Waals surface area contributed by atoms with Gasteiger partial charge < -0.3 is 4.90 Å². The average Bonchev–Trinajstić information content (AvgIpc) is 2.65. The summed E-state index contributed by atoms with van der Waals surface area (Å²) in [6, 6.07) is 0. The van der Waals surface area contributed by atoms with Crippen LogP contribution in [0.2, 0.25) is 0 Å². The third-order valence-electron chi connectivity index (χ3n) is 2.47. The van der Waals surface area contributed by atoms with Crippen LogP contribution in [0.1, 0.15) is 12.8 Å². The minimum atomic E-state index is -3.36. The maximum Gasteiger partial charge on any atom is 0.264 e. The Balaban J connectivity index is 1.96. The van der Waals surface area contributed by atoms with Crippen LogP contribution < -0.4 is 0 Å². The maximum absolute atomic E-state index is 11.0. The normalized spacial score (nSPS) is 24.9. The topological polar surface area (TPSA) is 59.0 Å². The second-order valence-electron chi connectivity index (χ2n) is 3.90. The molecule has 0 spiro atoms. The fourth-order valence-electron chi connectivity index (χ4n) is 1.84. The zero-order chi connectivity index (χ0) is 11.6. The average molecular weight is 242 g/mol. The van der Waals surface area contributed by atoms with E-state index < -0.39 is 10.1 Å². The molecule has 0 N–H and O–H groups in total. The van der Waals surface area contributed by atoms with E-state index in [0.717, 1.165) is 25.0 Å². The van der Waals surface area contributed by atoms with E-state index in [2.05, 4.69) is 10.9 Å². The van der Waals surface area contributed by atoms with Crippen LogP contribution in [0.5, 0.6) is 0 Å². The van der Waals surface area contributed by atoms with Crippen LogP contribution in [0.3, 0.4) is 0 Å². The predicted molar refractivity (Wildman–Crippen MR) is 60.6 cm³/mol. The molecule has 0 aliphatic carbocycles. The van der Waals surface area contributed by atoms with E-state index in [1.807, 2.05) is 17.1 Å². The van der Waals surface area contributed by atoms with Crippen molar-refractivity contribution in [2.75, 3.05) is 19.3 Å². The van der Waals surface area contributed by atoms with Gasteiger partial charge in [-0.15, -0.1) is 0 Å². The summed E-state index contributed by atoms with van der Waals surface area (Å²) >= 11 is 0. The number of rotatable bonds is 3. The Morgan fingerprint density at radius 1 is 1.62 bits per heavy atom. The Morgan fingerprint density at radius 3 is 3.06 bits per heavy atom. The Morgan fingerprint density at radius 2 is 2.44 bits per heavy atom. The van der Waals surface area contributed by atoms with Crippen LogP contribution in [0.25, 0.3) is 0 Å². The lowest BCUT2D eigenvalue weighted by Crippen LogP contribution is -2.24. The summed E-state index contributed by atoms with van der Waals surface area (Å²) in [4.78, 5) is 6.14. The van der Waals surface area contributed by atoms with Gasteiger partial charge in [0.1, 0.15) is 5.82 Å². The van der Waals surface area contributed by atoms with Crippen molar-refractivity contribution >= 4 is 16.0 Å². The first kappa shape index (κ1) is 11.4. The highest BCUT2D eigenvalue weighted by Gasteiger charge is 2.27. The van der Waals surface area contributed by atoms with E-state index in [-0.39, 0.29) is 6.10 Å². The monoisotopic (exact) mass is 242 g/mol. The van der Waals surface area contributed by atoms with Gasteiger partial charge in [0.25, 0.3) is 10.1 Å². The molecule has 0 radical (unpaired) electrons. The van der Waals surface area contributed by atoms with Crippen LogP contribution in [0.4, 0.5) is 0 Å². The molecule has 88 valence electrons. The Hall–Kier alpha value is -1.10. The summed E-state index contributed by atoms with van der Waals surface area (Å²) in [5, 5.41) is 0. The summed E-state index contributed by atoms with van der Waals surface area (Å²) in [7, 11) is -3.36. The number of aliphatic imine (C=N–C) groups is 1. The molecule has 0 bridgehead atoms. The van der Waals surface area contributed by atoms with Crippen LogP contribution in [-0.2, 0) is 14.3 Å². The maximum atomic E-state index is 11.0. The van der Waals surface area contributed by atoms with Crippen molar-refractivity contribution in [1.29, 1.82) is 0 Å². The summed E-state index contributed by atoms with van der Waals surface area (Å²) in [5.74, 6) is 3.67. The molecule has 2 heterocycles. The van der Waals surface area contributed by atoms with Gasteiger partial charge >= 0.3 is 0 Å². The van der Waals surface area contributed by atoms with Crippen molar-refractivity contribution in [3.8, 4) is 0 Å². The lowest BCUT2D eigenvalue weighted by molar-refractivity contribution is 0.218. The molecule has 1 saturated heterocycles. The van der Waals surface area contributed by atoms with Crippen LogP contribution in [0.15, 0.2) is 23.0 Å². The highest BCUT2D eigenvalue weighted by atomic mass is 32.2. The van der Waals surface area contributed by atoms with Crippen molar-refractivity contribution < 1.29 is 12.6 Å². The molecule has 0 amide bonds. The minimum Gasteiger partial charge on any atom is -0.354 e. The number of hydrogen-bond donors (Lipinski definition) is 0. The zero-order valence-electron chi connectivity index (χ0n) is 9.09. The van der Waals surface area contributed by atoms with Crippen molar-refractivity contribution in [3.05, 3.63) is 18.0 Å². The Kier molecular flexibility index (Phi) is 3.14. The van der Waals surface area contributed by atoms with Gasteiger partial charge in [0.2, 0.25) is 0 Å². The Bertz CT molecular complexity index is 460. The SMILES string of the molecule is CS(=O)(=O)O[C@@H]1CCN(C2=CCC=C=N2)C1. The molecular formula is C10H14N2O3S. The van der Waals surface area contributed by atoms with E-state index in [9.17, 15) is 8.42 Å². The molecule has 0 aromatic heterocycles. The lowest BCUT2D eigenvalue weighted by atomic mass is 10.3. The predicted octanol–water partition coefficient (Wildman–Crippen LogP) is 0.508. The number of allylic oxidation sites excluding steroid dienone is 2. The lowest BCUT2D eigenvalue weighted by Gasteiger charge is -2.18. The van der Waals surface area contributed by atoms with E-state index in [4.69, 9.17) is 4.18 Å². The third-order valence-corrected chi connectivity index (χ3v) is 3.09. The number of nitrogens with zero attached hydrogens (tertiary/aromatic N) is 2. The number of likely N-dealkylation sites (tertiary alicyclic amines) is 1. The van der Waals surface area contributed by atoms with Gasteiger partial charge in [-0.05, 0) is 30.9 Å². The van der Waals surface area contributed by atoms with Gasteiger partial charge in [0.05, 0.1) is 12.4 Å². The van der Waals surface area contributed by atoms with Crippen LogP contribution in [0, 0.1) is 0 Å². The molecule has 16 heavy (non-hydrogen) atoms. The van der Waals surface area contributed by atoms with Gasteiger partial charge in [-0.1, -0.05) is 0 Å². The van der Waals surface area contributed by atoms with E-state index in [1.165, 1.54) is 0 Å². The molecule has 2 rings (SSSR count). The summed E-state index contributed by atoms with van der Waals surface area (Å²) < 4.78 is 26.9. The van der Waals surface area contributed by atoms with Crippen molar-refractivity contribution in [3.63, 3.8) is 0 Å². The highest BCUT2D eigenvalue weighted by molar-refractivity contribution is 7.86. The van der Waals surface area contributed by atoms with Crippen LogP contribution >= 0.6 is 0 Å². The van der Waals surface area contributed by atoms with Gasteiger partial charge in [-0.2, -0.15) is 13.4 Å². The largest absolute Gasteiger partial charge is 0.354 e. The van der Waals surface area contributed by atoms with Gasteiger partial charge in [0, 0.05) is 13.1 Å². The third kappa shape index (κ3) is 2.95. The molecule has 0 aromatic carbocycles. The number of hydrogen-bond acceptors (Lipinski definition) is 5. The fourth-order valence-corrected chi connectivity index (χ4v) is 2.49. The van der Waals surface area contributed by atoms with E-state index >= 15 is 0 Å². The van der Waals surface area contributed by atoms with Gasteiger partial charge in [0.15, 0.2) is 0 Å². The molecule has 0 saturated carbocycles. The molecular weight excluding hydrogens is 228 g/mol. The van der Waals surface area contributed by atoms with E-state index in [1.54, 1.807) is 0 Å². The summed E-state index contributed by atoms with van der Waals surface area (Å²) in [6.45, 7) is 1.35. The first-order chi connectivity index (χ1) is 7.54. The second kappa shape index (κ2) is 4.41. The second-order valence-corrected chi connectivity index (χ2v) is 5.50. The summed E-state index contributed by atoms with van der Waals surface area (Å²) in [5.41, 5.74) is 0. The molecule has 2 aliphatic rings. The Labute approximate surface area is 95.2 Å². The van der Waals surface area contributed by atoms with Gasteiger partial charge in [-0.25, -0.2) is 0 Å². The molecule has 6 heteroatoms. The van der Waals surface area contributed by atoms with Crippen molar-refractivity contribution in [1.82, 2.24) is 4.90 Å². The van der Waals surface area contributed by atoms with Crippen molar-refractivity contribution in [2.45, 2.75) is 18.9 Å². The molecule has 1 fully saturated rings. The minimum absolute atomic E-state index is 0.253. The molecule has 1 atom stereocenters. The quantitative estimate of drug-likeness (QED) is 0.676.